The summed E-state index contributed by atoms with van der Waals surface area (Å²) < 4.78 is 20.0. The molecule has 0 saturated carbocycles. The number of ether oxygens (including phenoxy) is 1. The molecule has 0 aliphatic carbocycles. The summed E-state index contributed by atoms with van der Waals surface area (Å²) in [6.07, 6.45) is 2.33. The second-order valence-corrected chi connectivity index (χ2v) is 10.7. The lowest BCUT2D eigenvalue weighted by atomic mass is 9.73. The summed E-state index contributed by atoms with van der Waals surface area (Å²) in [5, 5.41) is 3.22. The average Bonchev–Trinajstić information content (AvgIpc) is 3.13. The minimum absolute atomic E-state index is 0.0492. The Morgan fingerprint density at radius 1 is 1.16 bits per heavy atom. The quantitative estimate of drug-likeness (QED) is 0.383. The first-order valence-corrected chi connectivity index (χ1v) is 13.0. The Kier molecular flexibility index (Phi) is 6.77. The average molecular weight is 544 g/mol. The number of piperidine rings is 1. The van der Waals surface area contributed by atoms with Gasteiger partial charge in [0.1, 0.15) is 11.9 Å². The van der Waals surface area contributed by atoms with Crippen molar-refractivity contribution < 1.29 is 13.9 Å². The topological polar surface area (TPSA) is 93.4 Å². The first kappa shape index (κ1) is 25.7. The number of carbonyl (C=O) groups excluding carboxylic acids is 1. The maximum absolute atomic E-state index is 14.0. The van der Waals surface area contributed by atoms with Gasteiger partial charge in [-0.05, 0) is 76.5 Å². The van der Waals surface area contributed by atoms with Gasteiger partial charge < -0.3 is 20.7 Å². The maximum Gasteiger partial charge on any atom is 0.258 e. The number of hydrogen-bond acceptors (Lipinski definition) is 6. The monoisotopic (exact) mass is 543 g/mol. The van der Waals surface area contributed by atoms with Gasteiger partial charge >= 0.3 is 0 Å². The van der Waals surface area contributed by atoms with Crippen LogP contribution >= 0.6 is 23.2 Å². The van der Waals surface area contributed by atoms with Gasteiger partial charge in [-0.1, -0.05) is 29.3 Å². The van der Waals surface area contributed by atoms with Crippen molar-refractivity contribution in [3.05, 3.63) is 63.5 Å². The van der Waals surface area contributed by atoms with Crippen molar-refractivity contribution in [2.75, 3.05) is 24.1 Å². The number of nitrogens with zero attached hydrogens (tertiary/aromatic N) is 3. The number of nitrogens with two attached hydrogens (primary N) is 1. The third-order valence-electron chi connectivity index (χ3n) is 7.44. The van der Waals surface area contributed by atoms with Crippen LogP contribution in [0.15, 0.2) is 36.5 Å². The van der Waals surface area contributed by atoms with Crippen molar-refractivity contribution >= 4 is 40.6 Å². The number of rotatable bonds is 5. The third kappa shape index (κ3) is 4.51. The molecule has 1 spiro atoms. The molecule has 7 nitrogen and oxygen atoms in total. The first-order chi connectivity index (χ1) is 17.6. The standard InChI is InChI=1S/C27H28Cl2FN5O2/c1-14(2)35-10-8-27(9-11-35)17-12-16(4-7-20(17)34-26(27)36)21-13-32-24(31)25(33-21)37-15(3)22-18(28)5-6-19(30)23(22)29/h4-7,12-15H,8-11H2,1-3H3,(H2,31,32)(H,34,36)/t15-/m1/s1. The Morgan fingerprint density at radius 3 is 2.59 bits per heavy atom. The first-order valence-electron chi connectivity index (χ1n) is 12.2. The second kappa shape index (κ2) is 9.74. The van der Waals surface area contributed by atoms with E-state index in [0.717, 1.165) is 42.7 Å². The largest absolute Gasteiger partial charge is 0.467 e. The van der Waals surface area contributed by atoms with Crippen LogP contribution in [0.25, 0.3) is 11.3 Å². The molecule has 1 amide bonds. The smallest absolute Gasteiger partial charge is 0.258 e. The molecule has 5 rings (SSSR count). The lowest BCUT2D eigenvalue weighted by molar-refractivity contribution is -0.122. The van der Waals surface area contributed by atoms with Gasteiger partial charge in [-0.3, -0.25) is 4.79 Å². The Morgan fingerprint density at radius 2 is 1.89 bits per heavy atom. The molecular weight excluding hydrogens is 516 g/mol. The van der Waals surface area contributed by atoms with E-state index in [9.17, 15) is 9.18 Å². The van der Waals surface area contributed by atoms with Gasteiger partial charge in [-0.2, -0.15) is 0 Å². The zero-order valence-corrected chi connectivity index (χ0v) is 22.3. The van der Waals surface area contributed by atoms with Crippen LogP contribution in [0.1, 0.15) is 50.8 Å². The second-order valence-electron chi connectivity index (χ2n) is 9.89. The maximum atomic E-state index is 14.0. The van der Waals surface area contributed by atoms with Crippen LogP contribution in [-0.4, -0.2) is 39.9 Å². The fourth-order valence-electron chi connectivity index (χ4n) is 5.24. The summed E-state index contributed by atoms with van der Waals surface area (Å²) in [5.41, 5.74) is 8.92. The molecule has 2 aliphatic rings. The van der Waals surface area contributed by atoms with Gasteiger partial charge in [-0.15, -0.1) is 0 Å². The molecule has 1 saturated heterocycles. The van der Waals surface area contributed by atoms with Crippen LogP contribution in [0, 0.1) is 5.82 Å². The summed E-state index contributed by atoms with van der Waals surface area (Å²) in [5.74, 6) is -0.391. The highest BCUT2D eigenvalue weighted by atomic mass is 35.5. The van der Waals surface area contributed by atoms with Gasteiger partial charge in [0, 0.05) is 27.9 Å². The van der Waals surface area contributed by atoms with E-state index in [4.69, 9.17) is 33.7 Å². The van der Waals surface area contributed by atoms with Crippen molar-refractivity contribution in [3.8, 4) is 17.1 Å². The number of nitrogens with one attached hydrogen (secondary N) is 1. The van der Waals surface area contributed by atoms with Crippen molar-refractivity contribution in [3.63, 3.8) is 0 Å². The van der Waals surface area contributed by atoms with Gasteiger partial charge in [0.2, 0.25) is 5.91 Å². The predicted molar refractivity (Wildman–Crippen MR) is 144 cm³/mol. The van der Waals surface area contributed by atoms with Crippen LogP contribution < -0.4 is 15.8 Å². The summed E-state index contributed by atoms with van der Waals surface area (Å²) >= 11 is 12.4. The number of aromatic nitrogens is 2. The molecule has 3 heterocycles. The highest BCUT2D eigenvalue weighted by Gasteiger charge is 2.48. The van der Waals surface area contributed by atoms with E-state index in [1.54, 1.807) is 13.1 Å². The minimum Gasteiger partial charge on any atom is -0.467 e. The van der Waals surface area contributed by atoms with Gasteiger partial charge in [0.05, 0.1) is 22.3 Å². The molecule has 0 bridgehead atoms. The number of carbonyl (C=O) groups is 1. The Bertz CT molecular complexity index is 1380. The highest BCUT2D eigenvalue weighted by molar-refractivity contribution is 6.36. The van der Waals surface area contributed by atoms with Crippen molar-refractivity contribution in [2.45, 2.75) is 51.2 Å². The molecule has 37 heavy (non-hydrogen) atoms. The molecule has 1 fully saturated rings. The summed E-state index contributed by atoms with van der Waals surface area (Å²) in [6.45, 7) is 7.75. The molecule has 1 atom stereocenters. The molecule has 0 radical (unpaired) electrons. The van der Waals surface area contributed by atoms with Crippen LogP contribution in [0.2, 0.25) is 10.0 Å². The predicted octanol–water partition coefficient (Wildman–Crippen LogP) is 6.01. The third-order valence-corrected chi connectivity index (χ3v) is 8.15. The zero-order valence-electron chi connectivity index (χ0n) is 20.8. The fraction of sp³-hybridized carbons (Fsp3) is 0.370. The number of fused-ring (bicyclic) bond motifs is 2. The lowest BCUT2D eigenvalue weighted by Crippen LogP contribution is -2.48. The molecule has 2 aromatic carbocycles. The summed E-state index contributed by atoms with van der Waals surface area (Å²) in [4.78, 5) is 24.4. The molecular formula is C27H28Cl2FN5O2. The minimum atomic E-state index is -0.737. The van der Waals surface area contributed by atoms with E-state index in [2.05, 4.69) is 34.0 Å². The molecule has 3 aromatic rings. The van der Waals surface area contributed by atoms with Crippen LogP contribution in [0.3, 0.4) is 0 Å². The highest BCUT2D eigenvalue weighted by Crippen LogP contribution is 2.46. The normalized spacial score (nSPS) is 17.6. The fourth-order valence-corrected chi connectivity index (χ4v) is 5.92. The van der Waals surface area contributed by atoms with Crippen molar-refractivity contribution in [1.29, 1.82) is 0 Å². The van der Waals surface area contributed by atoms with E-state index < -0.39 is 17.3 Å². The lowest BCUT2D eigenvalue weighted by Gasteiger charge is -2.39. The molecule has 10 heteroatoms. The molecule has 0 unspecified atom stereocenters. The Labute approximate surface area is 225 Å². The van der Waals surface area contributed by atoms with E-state index >= 15 is 0 Å². The number of anilines is 2. The van der Waals surface area contributed by atoms with Gasteiger partial charge in [0.25, 0.3) is 5.88 Å². The van der Waals surface area contributed by atoms with Crippen molar-refractivity contribution in [2.24, 2.45) is 0 Å². The van der Waals surface area contributed by atoms with Crippen LogP contribution in [0.4, 0.5) is 15.9 Å². The molecule has 2 aliphatic heterocycles. The number of benzene rings is 2. The molecule has 3 N–H and O–H groups in total. The van der Waals surface area contributed by atoms with E-state index in [1.807, 2.05) is 18.2 Å². The number of halogens is 3. The number of hydrogen-bond donors (Lipinski definition) is 2. The molecule has 194 valence electrons. The zero-order chi connectivity index (χ0) is 26.5. The van der Waals surface area contributed by atoms with E-state index in [-0.39, 0.29) is 27.7 Å². The Balaban J connectivity index is 1.46. The van der Waals surface area contributed by atoms with Crippen molar-refractivity contribution in [1.82, 2.24) is 14.9 Å². The Hall–Kier alpha value is -2.94. The SMILES string of the molecule is CC(C)N1CCC2(CC1)C(=O)Nc1ccc(-c3cnc(N)c(O[C@H](C)c4c(Cl)ccc(F)c4Cl)n3)cc12. The summed E-state index contributed by atoms with van der Waals surface area (Å²) in [7, 11) is 0. The van der Waals surface area contributed by atoms with Crippen LogP contribution in [0.5, 0.6) is 5.88 Å². The number of nitrogen functional groups attached to an aromatic ring is 1. The van der Waals surface area contributed by atoms with Gasteiger partial charge in [0.15, 0.2) is 5.82 Å². The van der Waals surface area contributed by atoms with E-state index in [1.165, 1.54) is 12.1 Å². The van der Waals surface area contributed by atoms with E-state index in [0.29, 0.717) is 17.3 Å². The van der Waals surface area contributed by atoms with Crippen LogP contribution in [-0.2, 0) is 10.2 Å². The number of amides is 1. The number of likely N-dealkylation sites (tertiary alicyclic amines) is 1. The molecule has 1 aromatic heterocycles. The van der Waals surface area contributed by atoms with Gasteiger partial charge in [-0.25, -0.2) is 14.4 Å². The summed E-state index contributed by atoms with van der Waals surface area (Å²) in [6, 6.07) is 8.85.